The van der Waals surface area contributed by atoms with E-state index in [9.17, 15) is 9.90 Å². The monoisotopic (exact) mass is 308 g/mol. The number of ether oxygens (including phenoxy) is 2. The molecule has 1 heterocycles. The molecule has 1 saturated heterocycles. The summed E-state index contributed by atoms with van der Waals surface area (Å²) in [7, 11) is 1.65. The Morgan fingerprint density at radius 1 is 1.41 bits per heavy atom. The van der Waals surface area contributed by atoms with Gasteiger partial charge < -0.3 is 24.8 Å². The van der Waals surface area contributed by atoms with Crippen LogP contribution in [0.15, 0.2) is 24.3 Å². The van der Waals surface area contributed by atoms with Crippen LogP contribution in [0.2, 0.25) is 0 Å². The Bertz CT molecular complexity index is 481. The van der Waals surface area contributed by atoms with E-state index >= 15 is 0 Å². The van der Waals surface area contributed by atoms with Crippen LogP contribution < -0.4 is 10.1 Å². The topological polar surface area (TPSA) is 71.0 Å². The summed E-state index contributed by atoms with van der Waals surface area (Å²) in [5.41, 5.74) is 0.647. The lowest BCUT2D eigenvalue weighted by Gasteiger charge is -2.24. The maximum atomic E-state index is 12.3. The number of aliphatic hydroxyl groups is 1. The SMILES string of the molecule is COCCCOc1ccccc1NC(=O)N1CCC[C@H]1CO. The van der Waals surface area contributed by atoms with Gasteiger partial charge in [0.2, 0.25) is 0 Å². The van der Waals surface area contributed by atoms with Crippen LogP contribution in [-0.2, 0) is 4.74 Å². The van der Waals surface area contributed by atoms with Gasteiger partial charge in [-0.3, -0.25) is 0 Å². The van der Waals surface area contributed by atoms with Gasteiger partial charge in [-0.25, -0.2) is 4.79 Å². The Morgan fingerprint density at radius 3 is 3.00 bits per heavy atom. The van der Waals surface area contributed by atoms with Crippen molar-refractivity contribution in [2.45, 2.75) is 25.3 Å². The molecule has 0 bridgehead atoms. The van der Waals surface area contributed by atoms with E-state index in [-0.39, 0.29) is 18.7 Å². The highest BCUT2D eigenvalue weighted by molar-refractivity contribution is 5.91. The average molecular weight is 308 g/mol. The number of aliphatic hydroxyl groups excluding tert-OH is 1. The summed E-state index contributed by atoms with van der Waals surface area (Å²) < 4.78 is 10.7. The molecule has 0 aromatic heterocycles. The molecule has 0 unspecified atom stereocenters. The van der Waals surface area contributed by atoms with Crippen molar-refractivity contribution in [2.75, 3.05) is 38.8 Å². The van der Waals surface area contributed by atoms with E-state index in [1.165, 1.54) is 0 Å². The Labute approximate surface area is 131 Å². The van der Waals surface area contributed by atoms with Crippen molar-refractivity contribution in [1.29, 1.82) is 0 Å². The van der Waals surface area contributed by atoms with Crippen LogP contribution in [0.25, 0.3) is 0 Å². The summed E-state index contributed by atoms with van der Waals surface area (Å²) in [4.78, 5) is 14.0. The number of methoxy groups -OCH3 is 1. The first-order chi connectivity index (χ1) is 10.8. The molecule has 22 heavy (non-hydrogen) atoms. The predicted octanol–water partition coefficient (Wildman–Crippen LogP) is 2.09. The van der Waals surface area contributed by atoms with Crippen molar-refractivity contribution >= 4 is 11.7 Å². The summed E-state index contributed by atoms with van der Waals surface area (Å²) in [5, 5.41) is 12.2. The zero-order chi connectivity index (χ0) is 15.8. The van der Waals surface area contributed by atoms with Gasteiger partial charge in [-0.15, -0.1) is 0 Å². The first kappa shape index (κ1) is 16.6. The lowest BCUT2D eigenvalue weighted by atomic mass is 10.2. The van der Waals surface area contributed by atoms with Crippen LogP contribution in [0.5, 0.6) is 5.75 Å². The van der Waals surface area contributed by atoms with E-state index in [1.807, 2.05) is 24.3 Å². The van der Waals surface area contributed by atoms with E-state index in [1.54, 1.807) is 12.0 Å². The number of rotatable bonds is 7. The number of carbonyl (C=O) groups is 1. The third kappa shape index (κ3) is 4.35. The second-order valence-corrected chi connectivity index (χ2v) is 5.29. The molecule has 2 amide bonds. The van der Waals surface area contributed by atoms with Crippen LogP contribution >= 0.6 is 0 Å². The number of carbonyl (C=O) groups excluding carboxylic acids is 1. The number of likely N-dealkylation sites (tertiary alicyclic amines) is 1. The Hall–Kier alpha value is -1.79. The maximum Gasteiger partial charge on any atom is 0.322 e. The van der Waals surface area contributed by atoms with Crippen LogP contribution in [0.1, 0.15) is 19.3 Å². The maximum absolute atomic E-state index is 12.3. The molecule has 0 radical (unpaired) electrons. The Kier molecular flexibility index (Phi) is 6.48. The number of urea groups is 1. The fourth-order valence-electron chi connectivity index (χ4n) is 2.56. The molecule has 1 aromatic carbocycles. The fraction of sp³-hybridized carbons (Fsp3) is 0.562. The summed E-state index contributed by atoms with van der Waals surface area (Å²) in [5.74, 6) is 0.645. The van der Waals surface area contributed by atoms with E-state index < -0.39 is 0 Å². The lowest BCUT2D eigenvalue weighted by molar-refractivity contribution is 0.166. The molecular formula is C16H24N2O4. The molecule has 6 nitrogen and oxygen atoms in total. The van der Waals surface area contributed by atoms with Crippen LogP contribution in [0.3, 0.4) is 0 Å². The predicted molar refractivity (Wildman–Crippen MR) is 84.3 cm³/mol. The Morgan fingerprint density at radius 2 is 2.23 bits per heavy atom. The third-order valence-electron chi connectivity index (χ3n) is 3.73. The third-order valence-corrected chi connectivity index (χ3v) is 3.73. The van der Waals surface area contributed by atoms with Gasteiger partial charge in [0.1, 0.15) is 5.75 Å². The summed E-state index contributed by atoms with van der Waals surface area (Å²) in [6, 6.07) is 7.08. The zero-order valence-electron chi connectivity index (χ0n) is 13.0. The van der Waals surface area contributed by atoms with Crippen molar-refractivity contribution in [3.05, 3.63) is 24.3 Å². The second kappa shape index (κ2) is 8.60. The molecule has 122 valence electrons. The molecular weight excluding hydrogens is 284 g/mol. The smallest absolute Gasteiger partial charge is 0.322 e. The highest BCUT2D eigenvalue weighted by atomic mass is 16.5. The molecule has 1 aromatic rings. The molecule has 0 spiro atoms. The number of para-hydroxylation sites is 2. The molecule has 0 saturated carbocycles. The minimum Gasteiger partial charge on any atom is -0.491 e. The first-order valence-electron chi connectivity index (χ1n) is 7.65. The normalized spacial score (nSPS) is 17.5. The molecule has 0 aliphatic carbocycles. The number of benzene rings is 1. The number of anilines is 1. The van der Waals surface area contributed by atoms with E-state index in [2.05, 4.69) is 5.32 Å². The van der Waals surface area contributed by atoms with Crippen LogP contribution in [0, 0.1) is 0 Å². The van der Waals surface area contributed by atoms with Crippen LogP contribution in [-0.4, -0.2) is 55.6 Å². The number of hydrogen-bond donors (Lipinski definition) is 2. The average Bonchev–Trinajstić information content (AvgIpc) is 3.01. The summed E-state index contributed by atoms with van der Waals surface area (Å²) in [6.07, 6.45) is 2.56. The van der Waals surface area contributed by atoms with Gasteiger partial charge in [-0.2, -0.15) is 0 Å². The number of amides is 2. The highest BCUT2D eigenvalue weighted by Crippen LogP contribution is 2.25. The second-order valence-electron chi connectivity index (χ2n) is 5.29. The summed E-state index contributed by atoms with van der Waals surface area (Å²) >= 11 is 0. The molecule has 1 atom stereocenters. The number of nitrogens with zero attached hydrogens (tertiary/aromatic N) is 1. The van der Waals surface area contributed by atoms with Crippen molar-refractivity contribution < 1.29 is 19.4 Å². The van der Waals surface area contributed by atoms with Gasteiger partial charge in [0.25, 0.3) is 0 Å². The summed E-state index contributed by atoms with van der Waals surface area (Å²) in [6.45, 7) is 1.85. The van der Waals surface area contributed by atoms with Crippen LogP contribution in [0.4, 0.5) is 10.5 Å². The fourth-order valence-corrected chi connectivity index (χ4v) is 2.56. The van der Waals surface area contributed by atoms with Gasteiger partial charge in [0, 0.05) is 26.7 Å². The van der Waals surface area contributed by atoms with Gasteiger partial charge >= 0.3 is 6.03 Å². The highest BCUT2D eigenvalue weighted by Gasteiger charge is 2.28. The van der Waals surface area contributed by atoms with Gasteiger partial charge in [-0.1, -0.05) is 12.1 Å². The molecule has 1 fully saturated rings. The lowest BCUT2D eigenvalue weighted by Crippen LogP contribution is -2.40. The van der Waals surface area contributed by atoms with Crippen molar-refractivity contribution in [2.24, 2.45) is 0 Å². The molecule has 2 N–H and O–H groups in total. The zero-order valence-corrected chi connectivity index (χ0v) is 13.0. The largest absolute Gasteiger partial charge is 0.491 e. The van der Waals surface area contributed by atoms with Crippen molar-refractivity contribution in [3.63, 3.8) is 0 Å². The van der Waals surface area contributed by atoms with Gasteiger partial charge in [0.05, 0.1) is 24.9 Å². The van der Waals surface area contributed by atoms with E-state index in [0.717, 1.165) is 19.3 Å². The van der Waals surface area contributed by atoms with Gasteiger partial charge in [-0.05, 0) is 25.0 Å². The Balaban J connectivity index is 1.95. The minimum atomic E-state index is -0.190. The quantitative estimate of drug-likeness (QED) is 0.757. The van der Waals surface area contributed by atoms with Crippen molar-refractivity contribution in [1.82, 2.24) is 4.90 Å². The molecule has 1 aliphatic rings. The minimum absolute atomic E-state index is 0.00256. The van der Waals surface area contributed by atoms with Gasteiger partial charge in [0.15, 0.2) is 0 Å². The van der Waals surface area contributed by atoms with E-state index in [4.69, 9.17) is 9.47 Å². The number of nitrogens with one attached hydrogen (secondary N) is 1. The molecule has 6 heteroatoms. The standard InChI is InChI=1S/C16H24N2O4/c1-21-10-5-11-22-15-8-3-2-7-14(15)17-16(20)18-9-4-6-13(18)12-19/h2-3,7-8,13,19H,4-6,9-12H2,1H3,(H,17,20)/t13-/m0/s1. The number of hydrogen-bond acceptors (Lipinski definition) is 4. The van der Waals surface area contributed by atoms with Crippen molar-refractivity contribution in [3.8, 4) is 5.75 Å². The molecule has 2 rings (SSSR count). The molecule has 1 aliphatic heterocycles. The first-order valence-corrected chi connectivity index (χ1v) is 7.65. The van der Waals surface area contributed by atoms with E-state index in [0.29, 0.717) is 31.2 Å².